The largest absolute Gasteiger partial charge is 0.480 e. The summed E-state index contributed by atoms with van der Waals surface area (Å²) in [6.45, 7) is 0.542. The van der Waals surface area contributed by atoms with Crippen LogP contribution in [0, 0.1) is 0 Å². The number of carboxylic acid groups (broad SMARTS) is 1. The maximum absolute atomic E-state index is 11.7. The average Bonchev–Trinajstić information content (AvgIpc) is 2.95. The molecule has 0 aliphatic heterocycles. The highest BCUT2D eigenvalue weighted by Crippen LogP contribution is 1.99. The molecule has 0 aromatic carbocycles. The van der Waals surface area contributed by atoms with E-state index in [-0.39, 0.29) is 19.1 Å². The second-order valence-electron chi connectivity index (χ2n) is 4.34. The van der Waals surface area contributed by atoms with E-state index in [0.29, 0.717) is 12.3 Å². The van der Waals surface area contributed by atoms with Gasteiger partial charge < -0.3 is 30.2 Å². The summed E-state index contributed by atoms with van der Waals surface area (Å²) in [5, 5.41) is 14.0. The standard InChI is InChI=1S/C12H20N4O5/c1-20-6-9(21-2)5-14-12(19)16-10(11(17)18)3-8-4-13-7-15-8/h4,7,9-10H,3,5-6H2,1-2H3,(H,13,15)(H,17,18)(H2,14,16,19). The van der Waals surface area contributed by atoms with E-state index in [2.05, 4.69) is 20.6 Å². The number of rotatable bonds is 9. The highest BCUT2D eigenvalue weighted by molar-refractivity contribution is 5.82. The van der Waals surface area contributed by atoms with Crippen molar-refractivity contribution < 1.29 is 24.2 Å². The lowest BCUT2D eigenvalue weighted by Gasteiger charge is -2.17. The number of aliphatic carboxylic acids is 1. The van der Waals surface area contributed by atoms with E-state index < -0.39 is 18.0 Å². The van der Waals surface area contributed by atoms with Crippen LogP contribution in [0.1, 0.15) is 5.69 Å². The summed E-state index contributed by atoms with van der Waals surface area (Å²) in [7, 11) is 3.03. The third-order valence-corrected chi connectivity index (χ3v) is 2.76. The molecule has 118 valence electrons. The van der Waals surface area contributed by atoms with Crippen molar-refractivity contribution in [2.45, 2.75) is 18.6 Å². The van der Waals surface area contributed by atoms with Gasteiger partial charge in [-0.2, -0.15) is 0 Å². The molecule has 1 rings (SSSR count). The number of nitrogens with one attached hydrogen (secondary N) is 3. The van der Waals surface area contributed by atoms with Crippen molar-refractivity contribution in [3.8, 4) is 0 Å². The van der Waals surface area contributed by atoms with Crippen molar-refractivity contribution in [1.29, 1.82) is 0 Å². The smallest absolute Gasteiger partial charge is 0.326 e. The Hall–Kier alpha value is -2.13. The molecule has 0 bridgehead atoms. The number of aromatic nitrogens is 2. The Morgan fingerprint density at radius 2 is 2.24 bits per heavy atom. The lowest BCUT2D eigenvalue weighted by molar-refractivity contribution is -0.139. The number of urea groups is 1. The topological polar surface area (TPSA) is 126 Å². The van der Waals surface area contributed by atoms with Crippen LogP contribution in [0.25, 0.3) is 0 Å². The van der Waals surface area contributed by atoms with E-state index in [1.54, 1.807) is 0 Å². The lowest BCUT2D eigenvalue weighted by atomic mass is 10.2. The molecule has 0 fully saturated rings. The van der Waals surface area contributed by atoms with Gasteiger partial charge in [-0.15, -0.1) is 0 Å². The van der Waals surface area contributed by atoms with E-state index in [0.717, 1.165) is 0 Å². The maximum Gasteiger partial charge on any atom is 0.326 e. The summed E-state index contributed by atoms with van der Waals surface area (Å²) in [6.07, 6.45) is 2.78. The summed E-state index contributed by atoms with van der Waals surface area (Å²) < 4.78 is 10.00. The SMILES string of the molecule is COCC(CNC(=O)NC(Cc1cnc[nH]1)C(=O)O)OC. The minimum atomic E-state index is -1.13. The van der Waals surface area contributed by atoms with Crippen molar-refractivity contribution in [3.05, 3.63) is 18.2 Å². The summed E-state index contributed by atoms with van der Waals surface area (Å²) in [5.74, 6) is -1.13. The van der Waals surface area contributed by atoms with E-state index in [9.17, 15) is 9.59 Å². The van der Waals surface area contributed by atoms with Crippen molar-refractivity contribution >= 4 is 12.0 Å². The Labute approximate surface area is 122 Å². The second kappa shape index (κ2) is 8.93. The van der Waals surface area contributed by atoms with Gasteiger partial charge in [-0.1, -0.05) is 0 Å². The van der Waals surface area contributed by atoms with Gasteiger partial charge in [0, 0.05) is 39.1 Å². The molecule has 0 radical (unpaired) electrons. The molecule has 0 aliphatic carbocycles. The number of hydrogen-bond donors (Lipinski definition) is 4. The van der Waals surface area contributed by atoms with Gasteiger partial charge in [0.05, 0.1) is 19.0 Å². The van der Waals surface area contributed by atoms with Crippen LogP contribution < -0.4 is 10.6 Å². The second-order valence-corrected chi connectivity index (χ2v) is 4.34. The number of H-pyrrole nitrogens is 1. The minimum Gasteiger partial charge on any atom is -0.480 e. The van der Waals surface area contributed by atoms with Crippen molar-refractivity contribution in [2.75, 3.05) is 27.4 Å². The number of imidazole rings is 1. The van der Waals surface area contributed by atoms with Crippen molar-refractivity contribution in [3.63, 3.8) is 0 Å². The van der Waals surface area contributed by atoms with Crippen LogP contribution in [0.15, 0.2) is 12.5 Å². The molecule has 2 atom stereocenters. The summed E-state index contributed by atoms with van der Waals surface area (Å²) in [5.41, 5.74) is 0.622. The van der Waals surface area contributed by atoms with Gasteiger partial charge >= 0.3 is 12.0 Å². The number of methoxy groups -OCH3 is 2. The molecule has 0 saturated heterocycles. The Morgan fingerprint density at radius 3 is 2.76 bits per heavy atom. The van der Waals surface area contributed by atoms with Crippen LogP contribution in [0.2, 0.25) is 0 Å². The van der Waals surface area contributed by atoms with Gasteiger partial charge in [0.1, 0.15) is 6.04 Å². The first-order chi connectivity index (χ1) is 10.1. The first kappa shape index (κ1) is 16.9. The van der Waals surface area contributed by atoms with E-state index in [4.69, 9.17) is 14.6 Å². The van der Waals surface area contributed by atoms with Gasteiger partial charge in [-0.05, 0) is 0 Å². The molecule has 0 saturated carbocycles. The van der Waals surface area contributed by atoms with E-state index in [1.165, 1.54) is 26.7 Å². The molecule has 21 heavy (non-hydrogen) atoms. The normalized spacial score (nSPS) is 13.4. The Bertz CT molecular complexity index is 437. The Balaban J connectivity index is 2.43. The molecule has 1 aromatic rings. The zero-order chi connectivity index (χ0) is 15.7. The first-order valence-corrected chi connectivity index (χ1v) is 6.33. The van der Waals surface area contributed by atoms with Crippen LogP contribution in [0.5, 0.6) is 0 Å². The predicted molar refractivity (Wildman–Crippen MR) is 72.9 cm³/mol. The third-order valence-electron chi connectivity index (χ3n) is 2.76. The average molecular weight is 300 g/mol. The minimum absolute atomic E-state index is 0.120. The molecule has 4 N–H and O–H groups in total. The predicted octanol–water partition coefficient (Wildman–Crippen LogP) is -0.634. The summed E-state index contributed by atoms with van der Waals surface area (Å²) in [4.78, 5) is 29.4. The molecular weight excluding hydrogens is 280 g/mol. The molecule has 0 spiro atoms. The molecule has 9 nitrogen and oxygen atoms in total. The maximum atomic E-state index is 11.7. The number of carbonyl (C=O) groups excluding carboxylic acids is 1. The quantitative estimate of drug-likeness (QED) is 0.481. The summed E-state index contributed by atoms with van der Waals surface area (Å²) >= 11 is 0. The molecule has 1 heterocycles. The number of hydrogen-bond acceptors (Lipinski definition) is 5. The van der Waals surface area contributed by atoms with Crippen LogP contribution in [-0.4, -0.2) is 66.6 Å². The first-order valence-electron chi connectivity index (χ1n) is 6.33. The van der Waals surface area contributed by atoms with Gasteiger partial charge in [-0.3, -0.25) is 0 Å². The van der Waals surface area contributed by atoms with E-state index >= 15 is 0 Å². The van der Waals surface area contributed by atoms with Gasteiger partial charge in [0.15, 0.2) is 0 Å². The van der Waals surface area contributed by atoms with Crippen molar-refractivity contribution in [2.24, 2.45) is 0 Å². The highest BCUT2D eigenvalue weighted by atomic mass is 16.5. The van der Waals surface area contributed by atoms with Crippen LogP contribution >= 0.6 is 0 Å². The highest BCUT2D eigenvalue weighted by Gasteiger charge is 2.21. The number of aromatic amines is 1. The monoisotopic (exact) mass is 300 g/mol. The molecule has 2 unspecified atom stereocenters. The zero-order valence-corrected chi connectivity index (χ0v) is 12.0. The Kier molecular flexibility index (Phi) is 7.19. The third kappa shape index (κ3) is 6.23. The summed E-state index contributed by atoms with van der Waals surface area (Å²) in [6, 6.07) is -1.63. The molecule has 9 heteroatoms. The van der Waals surface area contributed by atoms with Crippen LogP contribution in [0.3, 0.4) is 0 Å². The fourth-order valence-electron chi connectivity index (χ4n) is 1.63. The van der Waals surface area contributed by atoms with Gasteiger partial charge in [0.2, 0.25) is 0 Å². The van der Waals surface area contributed by atoms with Crippen molar-refractivity contribution in [1.82, 2.24) is 20.6 Å². The molecule has 2 amide bonds. The fraction of sp³-hybridized carbons (Fsp3) is 0.583. The number of carboxylic acids is 1. The number of nitrogens with zero attached hydrogens (tertiary/aromatic N) is 1. The van der Waals surface area contributed by atoms with Crippen LogP contribution in [-0.2, 0) is 20.7 Å². The zero-order valence-electron chi connectivity index (χ0n) is 12.0. The van der Waals surface area contributed by atoms with Gasteiger partial charge in [0.25, 0.3) is 0 Å². The molecule has 0 aliphatic rings. The number of amides is 2. The van der Waals surface area contributed by atoms with E-state index in [1.807, 2.05) is 0 Å². The molecule has 1 aromatic heterocycles. The number of carbonyl (C=O) groups is 2. The Morgan fingerprint density at radius 1 is 1.48 bits per heavy atom. The van der Waals surface area contributed by atoms with Crippen LogP contribution in [0.4, 0.5) is 4.79 Å². The molecular formula is C12H20N4O5. The lowest BCUT2D eigenvalue weighted by Crippen LogP contribution is -2.49. The number of ether oxygens (including phenoxy) is 2. The van der Waals surface area contributed by atoms with Gasteiger partial charge in [-0.25, -0.2) is 14.6 Å². The fourth-order valence-corrected chi connectivity index (χ4v) is 1.63.